The van der Waals surface area contributed by atoms with Crippen LogP contribution in [0.15, 0.2) is 24.3 Å². The van der Waals surface area contributed by atoms with E-state index in [1.807, 2.05) is 31.2 Å². The Morgan fingerprint density at radius 1 is 1.16 bits per heavy atom. The third-order valence-electron chi connectivity index (χ3n) is 4.86. The second-order valence-corrected chi connectivity index (χ2v) is 7.38. The highest BCUT2D eigenvalue weighted by Gasteiger charge is 2.34. The fraction of sp³-hybridized carbons (Fsp3) is 0.600. The minimum atomic E-state index is -0.795. The van der Waals surface area contributed by atoms with Gasteiger partial charge < -0.3 is 15.2 Å². The lowest BCUT2D eigenvalue weighted by atomic mass is 10.0. The van der Waals surface area contributed by atoms with E-state index < -0.39 is 5.97 Å². The molecule has 5 nitrogen and oxygen atoms in total. The van der Waals surface area contributed by atoms with E-state index >= 15 is 0 Å². The van der Waals surface area contributed by atoms with Gasteiger partial charge in [0.2, 0.25) is 5.91 Å². The number of nitrogens with one attached hydrogen (secondary N) is 1. The first-order valence-corrected chi connectivity index (χ1v) is 9.12. The number of benzene rings is 1. The lowest BCUT2D eigenvalue weighted by Gasteiger charge is -2.18. The third kappa shape index (κ3) is 5.76. The molecule has 1 aliphatic carbocycles. The largest absolute Gasteiger partial charge is 0.494 e. The second-order valence-electron chi connectivity index (χ2n) is 7.38. The lowest BCUT2D eigenvalue weighted by Crippen LogP contribution is -2.32. The molecule has 0 spiro atoms. The van der Waals surface area contributed by atoms with Crippen LogP contribution in [0.4, 0.5) is 0 Å². The summed E-state index contributed by atoms with van der Waals surface area (Å²) < 4.78 is 5.71. The van der Waals surface area contributed by atoms with E-state index in [4.69, 9.17) is 9.84 Å². The highest BCUT2D eigenvalue weighted by Crippen LogP contribution is 2.31. The van der Waals surface area contributed by atoms with Crippen LogP contribution < -0.4 is 10.1 Å². The second kappa shape index (κ2) is 8.88. The molecule has 1 amide bonds. The first-order valence-electron chi connectivity index (χ1n) is 9.12. The van der Waals surface area contributed by atoms with Crippen LogP contribution in [0.1, 0.15) is 58.1 Å². The summed E-state index contributed by atoms with van der Waals surface area (Å²) in [6.07, 6.45) is 2.70. The zero-order valence-corrected chi connectivity index (χ0v) is 15.3. The normalized spacial score (nSPS) is 21.1. The van der Waals surface area contributed by atoms with Crippen molar-refractivity contribution in [3.63, 3.8) is 0 Å². The van der Waals surface area contributed by atoms with Crippen molar-refractivity contribution in [3.05, 3.63) is 29.8 Å². The van der Waals surface area contributed by atoms with E-state index in [9.17, 15) is 9.59 Å². The summed E-state index contributed by atoms with van der Waals surface area (Å²) in [5.74, 6) is 0.0364. The number of carbonyl (C=O) groups excluding carboxylic acids is 1. The van der Waals surface area contributed by atoms with Gasteiger partial charge in [0.05, 0.1) is 18.6 Å². The van der Waals surface area contributed by atoms with Crippen LogP contribution in [-0.4, -0.2) is 23.6 Å². The smallest absolute Gasteiger partial charge is 0.306 e. The maximum Gasteiger partial charge on any atom is 0.306 e. The van der Waals surface area contributed by atoms with Gasteiger partial charge in [0.1, 0.15) is 5.75 Å². The summed E-state index contributed by atoms with van der Waals surface area (Å²) in [7, 11) is 0. The van der Waals surface area contributed by atoms with Crippen molar-refractivity contribution in [2.75, 3.05) is 6.61 Å². The number of rotatable bonds is 8. The van der Waals surface area contributed by atoms with Gasteiger partial charge in [0.15, 0.2) is 0 Å². The van der Waals surface area contributed by atoms with Crippen molar-refractivity contribution >= 4 is 11.9 Å². The number of ether oxygens (including phenoxy) is 1. The van der Waals surface area contributed by atoms with Crippen molar-refractivity contribution in [2.45, 2.75) is 52.5 Å². The van der Waals surface area contributed by atoms with Gasteiger partial charge in [-0.15, -0.1) is 0 Å². The molecule has 2 rings (SSSR count). The van der Waals surface area contributed by atoms with Crippen LogP contribution in [0, 0.1) is 17.8 Å². The summed E-state index contributed by atoms with van der Waals surface area (Å²) in [5, 5.41) is 12.0. The molecular formula is C20H29NO4. The van der Waals surface area contributed by atoms with Crippen molar-refractivity contribution in [2.24, 2.45) is 17.8 Å². The quantitative estimate of drug-likeness (QED) is 0.750. The van der Waals surface area contributed by atoms with Crippen LogP contribution >= 0.6 is 0 Å². The minimum absolute atomic E-state index is 0.0477. The van der Waals surface area contributed by atoms with E-state index in [0.717, 1.165) is 17.7 Å². The van der Waals surface area contributed by atoms with Crippen molar-refractivity contribution in [3.8, 4) is 5.75 Å². The Hall–Kier alpha value is -2.04. The Balaban J connectivity index is 1.83. The Labute approximate surface area is 149 Å². The molecule has 0 aliphatic heterocycles. The highest BCUT2D eigenvalue weighted by atomic mass is 16.5. The van der Waals surface area contributed by atoms with E-state index in [1.165, 1.54) is 0 Å². The number of carboxylic acid groups (broad SMARTS) is 1. The molecule has 25 heavy (non-hydrogen) atoms. The summed E-state index contributed by atoms with van der Waals surface area (Å²) >= 11 is 0. The number of hydrogen-bond acceptors (Lipinski definition) is 3. The van der Waals surface area contributed by atoms with Crippen LogP contribution in [0.5, 0.6) is 5.75 Å². The van der Waals surface area contributed by atoms with Gasteiger partial charge in [0.25, 0.3) is 0 Å². The van der Waals surface area contributed by atoms with E-state index in [1.54, 1.807) is 0 Å². The molecule has 1 fully saturated rings. The lowest BCUT2D eigenvalue weighted by molar-refractivity contribution is -0.141. The molecule has 1 saturated carbocycles. The zero-order chi connectivity index (χ0) is 18.4. The van der Waals surface area contributed by atoms with Gasteiger partial charge in [-0.1, -0.05) is 26.0 Å². The van der Waals surface area contributed by atoms with Crippen molar-refractivity contribution < 1.29 is 19.4 Å². The molecule has 0 aromatic heterocycles. The van der Waals surface area contributed by atoms with Crippen molar-refractivity contribution in [1.82, 2.24) is 5.32 Å². The predicted octanol–water partition coefficient (Wildman–Crippen LogP) is 3.79. The third-order valence-corrected chi connectivity index (χ3v) is 4.86. The fourth-order valence-corrected chi connectivity index (χ4v) is 3.12. The SMILES string of the molecule is CC(C)CCOc1ccc(C(C)NC(=O)[C@@H]2CC[C@H](C(=O)O)C2)cc1. The van der Waals surface area contributed by atoms with Crippen LogP contribution in [0.2, 0.25) is 0 Å². The summed E-state index contributed by atoms with van der Waals surface area (Å²) in [4.78, 5) is 23.4. The van der Waals surface area contributed by atoms with Gasteiger partial charge in [-0.3, -0.25) is 9.59 Å². The van der Waals surface area contributed by atoms with Crippen molar-refractivity contribution in [1.29, 1.82) is 0 Å². The maximum atomic E-state index is 12.3. The molecule has 0 heterocycles. The average Bonchev–Trinajstić information content (AvgIpc) is 3.05. The Morgan fingerprint density at radius 3 is 2.36 bits per heavy atom. The molecule has 138 valence electrons. The Kier molecular flexibility index (Phi) is 6.85. The fourth-order valence-electron chi connectivity index (χ4n) is 3.12. The highest BCUT2D eigenvalue weighted by molar-refractivity contribution is 5.81. The minimum Gasteiger partial charge on any atom is -0.494 e. The molecule has 1 aliphatic rings. The van der Waals surface area contributed by atoms with E-state index in [0.29, 0.717) is 31.8 Å². The number of carbonyl (C=O) groups is 2. The van der Waals surface area contributed by atoms with E-state index in [2.05, 4.69) is 19.2 Å². The molecule has 0 bridgehead atoms. The molecule has 3 atom stereocenters. The molecule has 1 unspecified atom stereocenters. The van der Waals surface area contributed by atoms with Gasteiger partial charge in [-0.25, -0.2) is 0 Å². The zero-order valence-electron chi connectivity index (χ0n) is 15.3. The number of amides is 1. The summed E-state index contributed by atoms with van der Waals surface area (Å²) in [6, 6.07) is 7.67. The number of aliphatic carboxylic acids is 1. The van der Waals surface area contributed by atoms with Gasteiger partial charge in [0, 0.05) is 5.92 Å². The van der Waals surface area contributed by atoms with Crippen LogP contribution in [0.25, 0.3) is 0 Å². The number of carboxylic acids is 1. The molecule has 2 N–H and O–H groups in total. The van der Waals surface area contributed by atoms with Crippen LogP contribution in [0.3, 0.4) is 0 Å². The average molecular weight is 347 g/mol. The predicted molar refractivity (Wildman–Crippen MR) is 96.4 cm³/mol. The Morgan fingerprint density at radius 2 is 1.80 bits per heavy atom. The van der Waals surface area contributed by atoms with Gasteiger partial charge in [-0.05, 0) is 56.2 Å². The molecular weight excluding hydrogens is 318 g/mol. The summed E-state index contributed by atoms with van der Waals surface area (Å²) in [5.41, 5.74) is 1.01. The molecule has 1 aromatic rings. The number of hydrogen-bond donors (Lipinski definition) is 2. The first-order chi connectivity index (χ1) is 11.9. The molecule has 5 heteroatoms. The first kappa shape index (κ1) is 19.3. The van der Waals surface area contributed by atoms with Crippen LogP contribution in [-0.2, 0) is 9.59 Å². The van der Waals surface area contributed by atoms with Gasteiger partial charge >= 0.3 is 5.97 Å². The monoisotopic (exact) mass is 347 g/mol. The standard InChI is InChI=1S/C20H29NO4/c1-13(2)10-11-25-18-8-6-15(7-9-18)14(3)21-19(22)16-4-5-17(12-16)20(23)24/h6-9,13-14,16-17H,4-5,10-12H2,1-3H3,(H,21,22)(H,23,24)/t14?,16-,17+/m1/s1. The summed E-state index contributed by atoms with van der Waals surface area (Å²) in [6.45, 7) is 6.98. The molecule has 0 saturated heterocycles. The van der Waals surface area contributed by atoms with Gasteiger partial charge in [-0.2, -0.15) is 0 Å². The molecule has 1 aromatic carbocycles. The van der Waals surface area contributed by atoms with E-state index in [-0.39, 0.29) is 23.8 Å². The molecule has 0 radical (unpaired) electrons. The topological polar surface area (TPSA) is 75.6 Å². The maximum absolute atomic E-state index is 12.3. The Bertz CT molecular complexity index is 582.